The normalized spacial score (nSPS) is 11.0. The van der Waals surface area contributed by atoms with Crippen LogP contribution in [-0.2, 0) is 9.59 Å². The molecule has 0 saturated heterocycles. The molecule has 0 radical (unpaired) electrons. The van der Waals surface area contributed by atoms with Crippen LogP contribution in [0.3, 0.4) is 0 Å². The summed E-state index contributed by atoms with van der Waals surface area (Å²) in [7, 11) is 0. The van der Waals surface area contributed by atoms with Gasteiger partial charge in [0.15, 0.2) is 0 Å². The zero-order valence-corrected chi connectivity index (χ0v) is 16.6. The number of nitrogens with one attached hydrogen (secondary N) is 2. The number of rotatable bonds is 7. The molecule has 27 heavy (non-hydrogen) atoms. The molecule has 2 amide bonds. The molecule has 0 aliphatic rings. The molecular weight excluding hydrogens is 360 g/mol. The first-order valence-corrected chi connectivity index (χ1v) is 9.45. The Morgan fingerprint density at radius 2 is 1.78 bits per heavy atom. The zero-order chi connectivity index (χ0) is 19.8. The minimum Gasteiger partial charge on any atom is -0.326 e. The first-order valence-electron chi connectivity index (χ1n) is 9.07. The molecule has 142 valence electrons. The maximum absolute atomic E-state index is 12.2. The van der Waals surface area contributed by atoms with Crippen molar-refractivity contribution in [3.63, 3.8) is 0 Å². The number of carbonyl (C=O) groups is 2. The molecule has 0 spiro atoms. The highest BCUT2D eigenvalue weighted by molar-refractivity contribution is 6.34. The molecule has 2 N–H and O–H groups in total. The summed E-state index contributed by atoms with van der Waals surface area (Å²) in [6.45, 7) is 6.22. The van der Waals surface area contributed by atoms with E-state index >= 15 is 0 Å². The number of amides is 2. The van der Waals surface area contributed by atoms with E-state index < -0.39 is 0 Å². The molecule has 0 aliphatic heterocycles. The Morgan fingerprint density at radius 1 is 1.07 bits per heavy atom. The van der Waals surface area contributed by atoms with E-state index in [1.807, 2.05) is 19.1 Å². The van der Waals surface area contributed by atoms with Crippen molar-refractivity contribution in [1.82, 2.24) is 0 Å². The van der Waals surface area contributed by atoms with E-state index in [2.05, 4.69) is 36.6 Å². The minimum atomic E-state index is -0.290. The fourth-order valence-corrected chi connectivity index (χ4v) is 2.65. The summed E-state index contributed by atoms with van der Waals surface area (Å²) in [6.07, 6.45) is 4.43. The summed E-state index contributed by atoms with van der Waals surface area (Å²) >= 11 is 6.15. The summed E-state index contributed by atoms with van der Waals surface area (Å²) in [4.78, 5) is 23.9. The second kappa shape index (κ2) is 9.93. The van der Waals surface area contributed by atoms with Crippen LogP contribution >= 0.6 is 11.6 Å². The van der Waals surface area contributed by atoms with E-state index in [9.17, 15) is 9.59 Å². The number of halogens is 1. The van der Waals surface area contributed by atoms with E-state index in [-0.39, 0.29) is 11.8 Å². The first kappa shape index (κ1) is 20.7. The number of carbonyl (C=O) groups excluding carboxylic acids is 2. The molecule has 0 aliphatic carbocycles. The van der Waals surface area contributed by atoms with Gasteiger partial charge in [-0.05, 0) is 47.7 Å². The minimum absolute atomic E-state index is 0.0677. The Kier molecular flexibility index (Phi) is 7.62. The standard InChI is InChI=1S/C22H25ClN2O2/c1-4-5-21(26)24-18-11-12-19(23)20(14-18)25-22(27)13-8-16-6-9-17(10-7-16)15(2)3/h6-15H,4-5H2,1-3H3,(H,24,26)(H,25,27)/b13-8+. The van der Waals surface area contributed by atoms with Gasteiger partial charge in [-0.2, -0.15) is 0 Å². The molecule has 2 aromatic rings. The average molecular weight is 385 g/mol. The topological polar surface area (TPSA) is 58.2 Å². The summed E-state index contributed by atoms with van der Waals surface area (Å²) in [5.41, 5.74) is 3.25. The molecule has 0 aromatic heterocycles. The van der Waals surface area contributed by atoms with Crippen molar-refractivity contribution in [2.24, 2.45) is 0 Å². The van der Waals surface area contributed by atoms with Crippen molar-refractivity contribution in [3.05, 3.63) is 64.7 Å². The third kappa shape index (κ3) is 6.57. The lowest BCUT2D eigenvalue weighted by Gasteiger charge is -2.09. The van der Waals surface area contributed by atoms with Crippen LogP contribution in [0, 0.1) is 0 Å². The highest BCUT2D eigenvalue weighted by atomic mass is 35.5. The lowest BCUT2D eigenvalue weighted by atomic mass is 10.0. The quantitative estimate of drug-likeness (QED) is 0.588. The molecule has 2 rings (SSSR count). The van der Waals surface area contributed by atoms with E-state index in [0.717, 1.165) is 12.0 Å². The van der Waals surface area contributed by atoms with Crippen molar-refractivity contribution >= 4 is 40.9 Å². The maximum Gasteiger partial charge on any atom is 0.248 e. The number of benzene rings is 2. The van der Waals surface area contributed by atoms with E-state index in [1.54, 1.807) is 24.3 Å². The number of hydrogen-bond donors (Lipinski definition) is 2. The maximum atomic E-state index is 12.2. The highest BCUT2D eigenvalue weighted by Gasteiger charge is 2.07. The Labute approximate surface area is 165 Å². The lowest BCUT2D eigenvalue weighted by molar-refractivity contribution is -0.116. The third-order valence-electron chi connectivity index (χ3n) is 4.02. The zero-order valence-electron chi connectivity index (χ0n) is 15.9. The second-order valence-electron chi connectivity index (χ2n) is 6.64. The molecule has 2 aromatic carbocycles. The predicted molar refractivity (Wildman–Crippen MR) is 113 cm³/mol. The van der Waals surface area contributed by atoms with Crippen molar-refractivity contribution in [1.29, 1.82) is 0 Å². The van der Waals surface area contributed by atoms with E-state index in [1.165, 1.54) is 11.6 Å². The van der Waals surface area contributed by atoms with Crippen LogP contribution < -0.4 is 10.6 Å². The van der Waals surface area contributed by atoms with Gasteiger partial charge in [0, 0.05) is 18.2 Å². The summed E-state index contributed by atoms with van der Waals surface area (Å²) < 4.78 is 0. The SMILES string of the molecule is CCCC(=O)Nc1ccc(Cl)c(NC(=O)/C=C/c2ccc(C(C)C)cc2)c1. The van der Waals surface area contributed by atoms with Crippen molar-refractivity contribution < 1.29 is 9.59 Å². The average Bonchev–Trinajstić information content (AvgIpc) is 2.63. The Bertz CT molecular complexity index is 827. The first-order chi connectivity index (χ1) is 12.9. The van der Waals surface area contributed by atoms with Gasteiger partial charge in [-0.1, -0.05) is 56.6 Å². The molecule has 0 saturated carbocycles. The Hall–Kier alpha value is -2.59. The van der Waals surface area contributed by atoms with Gasteiger partial charge < -0.3 is 10.6 Å². The van der Waals surface area contributed by atoms with Gasteiger partial charge in [0.25, 0.3) is 0 Å². The van der Waals surface area contributed by atoms with Gasteiger partial charge in [-0.15, -0.1) is 0 Å². The fourth-order valence-electron chi connectivity index (χ4n) is 2.49. The third-order valence-corrected chi connectivity index (χ3v) is 4.34. The van der Waals surface area contributed by atoms with Gasteiger partial charge in [-0.3, -0.25) is 9.59 Å². The van der Waals surface area contributed by atoms with Crippen LogP contribution in [0.25, 0.3) is 6.08 Å². The largest absolute Gasteiger partial charge is 0.326 e. The molecule has 5 heteroatoms. The van der Waals surface area contributed by atoms with Crippen LogP contribution in [0.15, 0.2) is 48.5 Å². The summed E-state index contributed by atoms with van der Waals surface area (Å²) in [5, 5.41) is 5.94. The molecule has 0 heterocycles. The van der Waals surface area contributed by atoms with Crippen molar-refractivity contribution in [3.8, 4) is 0 Å². The summed E-state index contributed by atoms with van der Waals surface area (Å²) in [5.74, 6) is 0.113. The Morgan fingerprint density at radius 3 is 2.41 bits per heavy atom. The number of anilines is 2. The van der Waals surface area contributed by atoms with Crippen LogP contribution in [0.1, 0.15) is 50.7 Å². The molecule has 0 atom stereocenters. The molecule has 4 nitrogen and oxygen atoms in total. The summed E-state index contributed by atoms with van der Waals surface area (Å²) in [6, 6.07) is 13.1. The Balaban J connectivity index is 2.02. The smallest absolute Gasteiger partial charge is 0.248 e. The van der Waals surface area contributed by atoms with Crippen LogP contribution in [-0.4, -0.2) is 11.8 Å². The molecule has 0 bridgehead atoms. The highest BCUT2D eigenvalue weighted by Crippen LogP contribution is 2.26. The predicted octanol–water partition coefficient (Wildman–Crippen LogP) is 5.85. The van der Waals surface area contributed by atoms with Gasteiger partial charge in [0.1, 0.15) is 0 Å². The molecular formula is C22H25ClN2O2. The molecule has 0 fully saturated rings. The van der Waals surface area contributed by atoms with E-state index in [4.69, 9.17) is 11.6 Å². The van der Waals surface area contributed by atoms with Gasteiger partial charge >= 0.3 is 0 Å². The van der Waals surface area contributed by atoms with Crippen LogP contribution in [0.4, 0.5) is 11.4 Å². The van der Waals surface area contributed by atoms with Gasteiger partial charge in [0.05, 0.1) is 10.7 Å². The van der Waals surface area contributed by atoms with Gasteiger partial charge in [-0.25, -0.2) is 0 Å². The van der Waals surface area contributed by atoms with Crippen molar-refractivity contribution in [2.45, 2.75) is 39.5 Å². The monoisotopic (exact) mass is 384 g/mol. The fraction of sp³-hybridized carbons (Fsp3) is 0.273. The van der Waals surface area contributed by atoms with E-state index in [0.29, 0.717) is 28.7 Å². The molecule has 0 unspecified atom stereocenters. The number of hydrogen-bond acceptors (Lipinski definition) is 2. The van der Waals surface area contributed by atoms with Gasteiger partial charge in [0.2, 0.25) is 11.8 Å². The lowest BCUT2D eigenvalue weighted by Crippen LogP contribution is -2.12. The van der Waals surface area contributed by atoms with Crippen molar-refractivity contribution in [2.75, 3.05) is 10.6 Å². The second-order valence-corrected chi connectivity index (χ2v) is 7.04. The van der Waals surface area contributed by atoms with Crippen LogP contribution in [0.2, 0.25) is 5.02 Å². The van der Waals surface area contributed by atoms with Crippen LogP contribution in [0.5, 0.6) is 0 Å².